The van der Waals surface area contributed by atoms with Gasteiger partial charge in [-0.25, -0.2) is 0 Å². The maximum absolute atomic E-state index is 6.37. The van der Waals surface area contributed by atoms with Crippen LogP contribution in [0.5, 0.6) is 5.75 Å². The van der Waals surface area contributed by atoms with Crippen molar-refractivity contribution in [3.8, 4) is 5.75 Å². The number of hydrogen-bond donors (Lipinski definition) is 1. The lowest BCUT2D eigenvalue weighted by molar-refractivity contribution is -0.0205. The molecule has 2 N–H and O–H groups in total. The number of ether oxygens (including phenoxy) is 1. The molecule has 0 aromatic heterocycles. The molecule has 2 aliphatic heterocycles. The Morgan fingerprint density at radius 1 is 1.42 bits per heavy atom. The first kappa shape index (κ1) is 13.4. The van der Waals surface area contributed by atoms with Crippen LogP contribution in [0.2, 0.25) is 0 Å². The third kappa shape index (κ3) is 2.54. The van der Waals surface area contributed by atoms with Gasteiger partial charge in [0.2, 0.25) is 0 Å². The van der Waals surface area contributed by atoms with Crippen molar-refractivity contribution < 1.29 is 4.74 Å². The lowest BCUT2D eigenvalue weighted by atomic mass is 9.81. The van der Waals surface area contributed by atoms with Gasteiger partial charge in [-0.1, -0.05) is 28.9 Å². The quantitative estimate of drug-likeness (QED) is 0.862. The summed E-state index contributed by atoms with van der Waals surface area (Å²) >= 11 is 3.51. The Morgan fingerprint density at radius 2 is 2.16 bits per heavy atom. The molecule has 1 saturated heterocycles. The van der Waals surface area contributed by atoms with Gasteiger partial charge in [0.15, 0.2) is 0 Å². The predicted molar refractivity (Wildman–Crippen MR) is 80.4 cm³/mol. The minimum Gasteiger partial charge on any atom is -0.487 e. The summed E-state index contributed by atoms with van der Waals surface area (Å²) in [5.41, 5.74) is 7.46. The zero-order valence-corrected chi connectivity index (χ0v) is 12.9. The van der Waals surface area contributed by atoms with Crippen LogP contribution in [-0.4, -0.2) is 30.1 Å². The molecule has 4 heteroatoms. The van der Waals surface area contributed by atoms with Crippen LogP contribution in [0, 0.1) is 0 Å². The topological polar surface area (TPSA) is 38.5 Å². The molecule has 2 aliphatic rings. The lowest BCUT2D eigenvalue weighted by Crippen LogP contribution is -2.51. The van der Waals surface area contributed by atoms with E-state index in [1.54, 1.807) is 0 Å². The van der Waals surface area contributed by atoms with Gasteiger partial charge in [0.05, 0.1) is 0 Å². The number of piperidine rings is 1. The summed E-state index contributed by atoms with van der Waals surface area (Å²) in [7, 11) is 0. The fourth-order valence-corrected chi connectivity index (χ4v) is 3.61. The van der Waals surface area contributed by atoms with Gasteiger partial charge in [-0.3, -0.25) is 0 Å². The van der Waals surface area contributed by atoms with Gasteiger partial charge in [0.25, 0.3) is 0 Å². The van der Waals surface area contributed by atoms with Gasteiger partial charge >= 0.3 is 0 Å². The van der Waals surface area contributed by atoms with Crippen molar-refractivity contribution in [3.05, 3.63) is 28.2 Å². The van der Waals surface area contributed by atoms with Crippen molar-refractivity contribution >= 4 is 15.9 Å². The highest BCUT2D eigenvalue weighted by Gasteiger charge is 2.42. The van der Waals surface area contributed by atoms with Crippen LogP contribution in [0.3, 0.4) is 0 Å². The van der Waals surface area contributed by atoms with E-state index in [-0.39, 0.29) is 11.6 Å². The van der Waals surface area contributed by atoms with Crippen molar-refractivity contribution in [1.82, 2.24) is 4.90 Å². The van der Waals surface area contributed by atoms with Crippen LogP contribution < -0.4 is 10.5 Å². The number of benzene rings is 1. The van der Waals surface area contributed by atoms with E-state index in [0.29, 0.717) is 0 Å². The number of fused-ring (bicyclic) bond motifs is 1. The Morgan fingerprint density at radius 3 is 2.84 bits per heavy atom. The van der Waals surface area contributed by atoms with Crippen molar-refractivity contribution in [1.29, 1.82) is 0 Å². The van der Waals surface area contributed by atoms with E-state index in [0.717, 1.165) is 54.7 Å². The molecule has 3 rings (SSSR count). The van der Waals surface area contributed by atoms with Crippen molar-refractivity contribution in [2.24, 2.45) is 5.73 Å². The van der Waals surface area contributed by atoms with E-state index in [1.165, 1.54) is 0 Å². The van der Waals surface area contributed by atoms with Gasteiger partial charge in [0.1, 0.15) is 11.4 Å². The summed E-state index contributed by atoms with van der Waals surface area (Å²) in [6, 6.07) is 6.28. The SMILES string of the molecule is CCN1CCC2(CC1)CC(N)c1ccc(Br)cc1O2. The van der Waals surface area contributed by atoms with Crippen LogP contribution in [0.15, 0.2) is 22.7 Å². The Bertz CT molecular complexity index is 469. The Hall–Kier alpha value is -0.580. The smallest absolute Gasteiger partial charge is 0.126 e. The highest BCUT2D eigenvalue weighted by atomic mass is 79.9. The van der Waals surface area contributed by atoms with Gasteiger partial charge in [0, 0.05) is 35.6 Å². The molecule has 2 heterocycles. The molecule has 1 aromatic carbocycles. The van der Waals surface area contributed by atoms with Gasteiger partial charge in [-0.2, -0.15) is 0 Å². The number of halogens is 1. The highest BCUT2D eigenvalue weighted by Crippen LogP contribution is 2.44. The highest BCUT2D eigenvalue weighted by molar-refractivity contribution is 9.10. The summed E-state index contributed by atoms with van der Waals surface area (Å²) in [5.74, 6) is 0.970. The summed E-state index contributed by atoms with van der Waals surface area (Å²) in [6.07, 6.45) is 3.11. The molecule has 1 fully saturated rings. The average Bonchev–Trinajstić information content (AvgIpc) is 2.39. The molecular formula is C15H21BrN2O. The fourth-order valence-electron chi connectivity index (χ4n) is 3.27. The van der Waals surface area contributed by atoms with E-state index in [9.17, 15) is 0 Å². The van der Waals surface area contributed by atoms with E-state index in [2.05, 4.69) is 39.9 Å². The van der Waals surface area contributed by atoms with Crippen LogP contribution in [0.4, 0.5) is 0 Å². The van der Waals surface area contributed by atoms with Crippen molar-refractivity contribution in [3.63, 3.8) is 0 Å². The standard InChI is InChI=1S/C15H21BrN2O/c1-2-18-7-5-15(6-8-18)10-13(17)12-4-3-11(16)9-14(12)19-15/h3-4,9,13H,2,5-8,10,17H2,1H3. The summed E-state index contributed by atoms with van der Waals surface area (Å²) < 4.78 is 7.42. The van der Waals surface area contributed by atoms with E-state index >= 15 is 0 Å². The molecule has 0 bridgehead atoms. The molecule has 104 valence electrons. The molecule has 3 nitrogen and oxygen atoms in total. The molecule has 1 aromatic rings. The molecule has 1 atom stereocenters. The van der Waals surface area contributed by atoms with Gasteiger partial charge < -0.3 is 15.4 Å². The van der Waals surface area contributed by atoms with E-state index in [4.69, 9.17) is 10.5 Å². The molecule has 19 heavy (non-hydrogen) atoms. The molecule has 0 saturated carbocycles. The van der Waals surface area contributed by atoms with Crippen LogP contribution >= 0.6 is 15.9 Å². The minimum atomic E-state index is -0.0428. The van der Waals surface area contributed by atoms with Gasteiger partial charge in [-0.05, 0) is 31.5 Å². The largest absolute Gasteiger partial charge is 0.487 e. The maximum atomic E-state index is 6.37. The zero-order valence-electron chi connectivity index (χ0n) is 11.4. The Balaban J connectivity index is 1.84. The molecule has 1 unspecified atom stereocenters. The normalized spacial score (nSPS) is 25.9. The monoisotopic (exact) mass is 324 g/mol. The summed E-state index contributed by atoms with van der Waals surface area (Å²) in [6.45, 7) is 5.58. The zero-order chi connectivity index (χ0) is 13.5. The predicted octanol–water partition coefficient (Wildman–Crippen LogP) is 3.09. The average molecular weight is 325 g/mol. The Kier molecular flexibility index (Phi) is 3.58. The fraction of sp³-hybridized carbons (Fsp3) is 0.600. The third-order valence-electron chi connectivity index (χ3n) is 4.51. The molecule has 0 radical (unpaired) electrons. The van der Waals surface area contributed by atoms with Crippen molar-refractivity contribution in [2.45, 2.75) is 37.8 Å². The second-order valence-electron chi connectivity index (χ2n) is 5.71. The minimum absolute atomic E-state index is 0.0428. The number of rotatable bonds is 1. The Labute approximate surface area is 123 Å². The van der Waals surface area contributed by atoms with E-state index < -0.39 is 0 Å². The summed E-state index contributed by atoms with van der Waals surface area (Å²) in [5, 5.41) is 0. The van der Waals surface area contributed by atoms with Crippen LogP contribution in [-0.2, 0) is 0 Å². The maximum Gasteiger partial charge on any atom is 0.126 e. The van der Waals surface area contributed by atoms with Gasteiger partial charge in [-0.15, -0.1) is 0 Å². The molecule has 1 spiro atoms. The molecule has 0 amide bonds. The van der Waals surface area contributed by atoms with E-state index in [1.807, 2.05) is 6.07 Å². The second kappa shape index (κ2) is 5.08. The molecular weight excluding hydrogens is 304 g/mol. The number of nitrogens with zero attached hydrogens (tertiary/aromatic N) is 1. The number of hydrogen-bond acceptors (Lipinski definition) is 3. The first-order valence-electron chi connectivity index (χ1n) is 7.08. The third-order valence-corrected chi connectivity index (χ3v) is 5.00. The number of likely N-dealkylation sites (tertiary alicyclic amines) is 1. The van der Waals surface area contributed by atoms with Crippen LogP contribution in [0.1, 0.15) is 37.8 Å². The first-order chi connectivity index (χ1) is 9.12. The molecule has 0 aliphatic carbocycles. The lowest BCUT2D eigenvalue weighted by Gasteiger charge is -2.46. The van der Waals surface area contributed by atoms with Crippen molar-refractivity contribution in [2.75, 3.05) is 19.6 Å². The second-order valence-corrected chi connectivity index (χ2v) is 6.63. The number of nitrogens with two attached hydrogens (primary N) is 1. The summed E-state index contributed by atoms with van der Waals surface area (Å²) in [4.78, 5) is 2.48. The first-order valence-corrected chi connectivity index (χ1v) is 7.87. The van der Waals surface area contributed by atoms with Crippen LogP contribution in [0.25, 0.3) is 0 Å².